The van der Waals surface area contributed by atoms with Crippen LogP contribution >= 0.6 is 0 Å². The first-order chi connectivity index (χ1) is 8.81. The minimum atomic E-state index is -0.610. The number of methoxy groups -OCH3 is 1. The van der Waals surface area contributed by atoms with E-state index in [1.807, 2.05) is 20.8 Å². The van der Waals surface area contributed by atoms with E-state index in [9.17, 15) is 4.79 Å². The van der Waals surface area contributed by atoms with Gasteiger partial charge in [-0.05, 0) is 53.6 Å². The van der Waals surface area contributed by atoms with Crippen molar-refractivity contribution in [1.82, 2.24) is 10.2 Å². The molecule has 3 N–H and O–H groups in total. The number of hydrogen-bond donors (Lipinski definition) is 2. The third-order valence-corrected chi connectivity index (χ3v) is 3.26. The summed E-state index contributed by atoms with van der Waals surface area (Å²) in [7, 11) is 3.81. The van der Waals surface area contributed by atoms with E-state index < -0.39 is 5.54 Å². The van der Waals surface area contributed by atoms with Gasteiger partial charge in [0.05, 0.1) is 5.54 Å². The molecule has 0 heterocycles. The van der Waals surface area contributed by atoms with E-state index in [1.54, 1.807) is 7.11 Å². The smallest absolute Gasteiger partial charge is 0.237 e. The Balaban J connectivity index is 4.02. The number of ether oxygens (including phenoxy) is 1. The molecule has 5 heteroatoms. The molecule has 0 radical (unpaired) electrons. The predicted octanol–water partition coefficient (Wildman–Crippen LogP) is 0.977. The van der Waals surface area contributed by atoms with Crippen molar-refractivity contribution in [3.8, 4) is 0 Å². The second kappa shape index (κ2) is 9.28. The zero-order valence-corrected chi connectivity index (χ0v) is 13.2. The van der Waals surface area contributed by atoms with Gasteiger partial charge in [-0.15, -0.1) is 0 Å². The summed E-state index contributed by atoms with van der Waals surface area (Å²) in [5.41, 5.74) is 4.89. The molecule has 19 heavy (non-hydrogen) atoms. The molecule has 1 unspecified atom stereocenters. The van der Waals surface area contributed by atoms with Gasteiger partial charge in [0.1, 0.15) is 0 Å². The number of hydrogen-bond acceptors (Lipinski definition) is 4. The molecule has 0 aliphatic carbocycles. The van der Waals surface area contributed by atoms with Gasteiger partial charge >= 0.3 is 0 Å². The number of carbonyl (C=O) groups excluding carboxylic acids is 1. The van der Waals surface area contributed by atoms with Crippen molar-refractivity contribution >= 4 is 5.91 Å². The van der Waals surface area contributed by atoms with Crippen LogP contribution in [0.15, 0.2) is 0 Å². The van der Waals surface area contributed by atoms with Crippen LogP contribution < -0.4 is 11.1 Å². The van der Waals surface area contributed by atoms with Crippen molar-refractivity contribution in [1.29, 1.82) is 0 Å². The Morgan fingerprint density at radius 2 is 1.95 bits per heavy atom. The highest BCUT2D eigenvalue weighted by Gasteiger charge is 2.30. The first kappa shape index (κ1) is 18.4. The highest BCUT2D eigenvalue weighted by molar-refractivity contribution is 5.84. The molecule has 1 atom stereocenters. The summed E-state index contributed by atoms with van der Waals surface area (Å²) in [6.07, 6.45) is 2.74. The average Bonchev–Trinajstić information content (AvgIpc) is 2.28. The number of amides is 1. The van der Waals surface area contributed by atoms with E-state index in [-0.39, 0.29) is 11.9 Å². The van der Waals surface area contributed by atoms with Gasteiger partial charge in [0.15, 0.2) is 0 Å². The largest absolute Gasteiger partial charge is 0.385 e. The highest BCUT2D eigenvalue weighted by Crippen LogP contribution is 2.13. The Bertz CT molecular complexity index is 259. The maximum atomic E-state index is 11.6. The van der Waals surface area contributed by atoms with Crippen LogP contribution in [0.1, 0.15) is 40.0 Å². The molecule has 0 aliphatic rings. The lowest BCUT2D eigenvalue weighted by molar-refractivity contribution is -0.124. The molecule has 0 bridgehead atoms. The molecule has 0 aliphatic heterocycles. The standard InChI is InChI=1S/C14H31N3O2/c1-12(2)16-14(3,13(15)18)8-6-9-17(4)10-7-11-19-5/h12,16H,6-11H2,1-5H3,(H2,15,18). The molecule has 0 rings (SSSR count). The van der Waals surface area contributed by atoms with E-state index in [1.165, 1.54) is 0 Å². The second-order valence-corrected chi connectivity index (χ2v) is 5.75. The lowest BCUT2D eigenvalue weighted by Gasteiger charge is -2.30. The quantitative estimate of drug-likeness (QED) is 0.551. The van der Waals surface area contributed by atoms with Crippen LogP contribution in [-0.4, -0.2) is 56.2 Å². The van der Waals surface area contributed by atoms with Crippen molar-refractivity contribution in [2.24, 2.45) is 5.73 Å². The Labute approximate surface area is 117 Å². The fraction of sp³-hybridized carbons (Fsp3) is 0.929. The van der Waals surface area contributed by atoms with Crippen molar-refractivity contribution in [2.75, 3.05) is 33.9 Å². The molecule has 0 saturated carbocycles. The Morgan fingerprint density at radius 3 is 2.42 bits per heavy atom. The van der Waals surface area contributed by atoms with Crippen LogP contribution in [0.3, 0.4) is 0 Å². The molecule has 0 saturated heterocycles. The van der Waals surface area contributed by atoms with Gasteiger partial charge in [-0.25, -0.2) is 0 Å². The van der Waals surface area contributed by atoms with Gasteiger partial charge in [0.25, 0.3) is 0 Å². The van der Waals surface area contributed by atoms with Crippen molar-refractivity contribution in [3.05, 3.63) is 0 Å². The third-order valence-electron chi connectivity index (χ3n) is 3.26. The van der Waals surface area contributed by atoms with Crippen molar-refractivity contribution in [2.45, 2.75) is 51.6 Å². The van der Waals surface area contributed by atoms with Crippen LogP contribution in [0.4, 0.5) is 0 Å². The van der Waals surface area contributed by atoms with Gasteiger partial charge in [-0.2, -0.15) is 0 Å². The first-order valence-electron chi connectivity index (χ1n) is 7.07. The van der Waals surface area contributed by atoms with Gasteiger partial charge < -0.3 is 20.7 Å². The molecule has 0 aromatic rings. The zero-order chi connectivity index (χ0) is 14.9. The van der Waals surface area contributed by atoms with Gasteiger partial charge in [0.2, 0.25) is 5.91 Å². The molecular formula is C14H31N3O2. The van der Waals surface area contributed by atoms with Crippen molar-refractivity contribution in [3.63, 3.8) is 0 Å². The first-order valence-corrected chi connectivity index (χ1v) is 7.07. The zero-order valence-electron chi connectivity index (χ0n) is 13.2. The number of nitrogens with two attached hydrogens (primary N) is 1. The van der Waals surface area contributed by atoms with E-state index in [4.69, 9.17) is 10.5 Å². The topological polar surface area (TPSA) is 67.6 Å². The second-order valence-electron chi connectivity index (χ2n) is 5.75. The number of rotatable bonds is 11. The van der Waals surface area contributed by atoms with Crippen LogP contribution in [-0.2, 0) is 9.53 Å². The van der Waals surface area contributed by atoms with Crippen LogP contribution in [0, 0.1) is 0 Å². The summed E-state index contributed by atoms with van der Waals surface area (Å²) in [4.78, 5) is 13.8. The number of primary amides is 1. The van der Waals surface area contributed by atoms with Gasteiger partial charge in [-0.3, -0.25) is 4.79 Å². The monoisotopic (exact) mass is 273 g/mol. The van der Waals surface area contributed by atoms with Gasteiger partial charge in [0, 0.05) is 26.3 Å². The molecule has 5 nitrogen and oxygen atoms in total. The van der Waals surface area contributed by atoms with Crippen LogP contribution in [0.2, 0.25) is 0 Å². The lowest BCUT2D eigenvalue weighted by Crippen LogP contribution is -2.55. The van der Waals surface area contributed by atoms with E-state index in [0.717, 1.165) is 39.0 Å². The lowest BCUT2D eigenvalue weighted by atomic mass is 9.94. The Hall–Kier alpha value is -0.650. The SMILES string of the molecule is COCCCN(C)CCCC(C)(NC(C)C)C(N)=O. The molecule has 0 aromatic carbocycles. The number of carbonyl (C=O) groups is 1. The summed E-state index contributed by atoms with van der Waals surface area (Å²) in [5, 5.41) is 3.27. The van der Waals surface area contributed by atoms with E-state index >= 15 is 0 Å². The average molecular weight is 273 g/mol. The molecule has 0 aromatic heterocycles. The van der Waals surface area contributed by atoms with E-state index in [2.05, 4.69) is 17.3 Å². The summed E-state index contributed by atoms with van der Waals surface area (Å²) < 4.78 is 5.03. The fourth-order valence-corrected chi connectivity index (χ4v) is 2.20. The summed E-state index contributed by atoms with van der Waals surface area (Å²) in [6.45, 7) is 8.71. The van der Waals surface area contributed by atoms with Crippen LogP contribution in [0.25, 0.3) is 0 Å². The number of nitrogens with zero attached hydrogens (tertiary/aromatic N) is 1. The van der Waals surface area contributed by atoms with Crippen molar-refractivity contribution < 1.29 is 9.53 Å². The fourth-order valence-electron chi connectivity index (χ4n) is 2.20. The van der Waals surface area contributed by atoms with Gasteiger partial charge in [-0.1, -0.05) is 0 Å². The minimum absolute atomic E-state index is 0.247. The summed E-state index contributed by atoms with van der Waals surface area (Å²) in [6, 6.07) is 0.247. The highest BCUT2D eigenvalue weighted by atomic mass is 16.5. The third kappa shape index (κ3) is 8.18. The van der Waals surface area contributed by atoms with Crippen LogP contribution in [0.5, 0.6) is 0 Å². The molecule has 0 fully saturated rings. The van der Waals surface area contributed by atoms with E-state index in [0.29, 0.717) is 0 Å². The minimum Gasteiger partial charge on any atom is -0.385 e. The Morgan fingerprint density at radius 1 is 1.37 bits per heavy atom. The molecular weight excluding hydrogens is 242 g/mol. The maximum absolute atomic E-state index is 11.6. The summed E-state index contributed by atoms with van der Waals surface area (Å²) in [5.74, 6) is -0.275. The number of nitrogens with one attached hydrogen (secondary N) is 1. The molecule has 114 valence electrons. The predicted molar refractivity (Wildman–Crippen MR) is 79.1 cm³/mol. The summed E-state index contributed by atoms with van der Waals surface area (Å²) >= 11 is 0. The molecule has 0 spiro atoms. The molecule has 1 amide bonds. The normalized spacial score (nSPS) is 14.9. The Kier molecular flexibility index (Phi) is 8.97. The maximum Gasteiger partial charge on any atom is 0.237 e.